The number of nitrogens with one attached hydrogen (secondary N) is 1. The zero-order chi connectivity index (χ0) is 12.5. The second kappa shape index (κ2) is 4.33. The van der Waals surface area contributed by atoms with Crippen molar-refractivity contribution < 1.29 is 4.92 Å². The fourth-order valence-electron chi connectivity index (χ4n) is 2.23. The monoisotopic (exact) mass is 235 g/mol. The highest BCUT2D eigenvalue weighted by Crippen LogP contribution is 2.29. The molecular formula is C12H17N3O2. The molecular weight excluding hydrogens is 218 g/mol. The summed E-state index contributed by atoms with van der Waals surface area (Å²) in [4.78, 5) is 12.8. The van der Waals surface area contributed by atoms with E-state index in [4.69, 9.17) is 0 Å². The molecule has 0 aromatic heterocycles. The van der Waals surface area contributed by atoms with Gasteiger partial charge in [-0.1, -0.05) is 12.1 Å². The van der Waals surface area contributed by atoms with E-state index in [1.165, 1.54) is 0 Å². The quantitative estimate of drug-likeness (QED) is 0.627. The molecule has 1 fully saturated rings. The number of nitro benzene ring substituents is 1. The summed E-state index contributed by atoms with van der Waals surface area (Å²) < 4.78 is 0. The van der Waals surface area contributed by atoms with Crippen LogP contribution in [0.4, 0.5) is 11.4 Å². The minimum Gasteiger partial charge on any atom is -0.363 e. The van der Waals surface area contributed by atoms with Gasteiger partial charge in [-0.25, -0.2) is 0 Å². The Morgan fingerprint density at radius 2 is 2.12 bits per heavy atom. The van der Waals surface area contributed by atoms with Gasteiger partial charge in [0.15, 0.2) is 0 Å². The Morgan fingerprint density at radius 1 is 1.41 bits per heavy atom. The summed E-state index contributed by atoms with van der Waals surface area (Å²) in [7, 11) is 0. The molecule has 1 aromatic carbocycles. The zero-order valence-corrected chi connectivity index (χ0v) is 10.1. The lowest BCUT2D eigenvalue weighted by Crippen LogP contribution is -2.57. The van der Waals surface area contributed by atoms with Gasteiger partial charge in [-0.3, -0.25) is 10.1 Å². The maximum absolute atomic E-state index is 11.0. The van der Waals surface area contributed by atoms with E-state index in [9.17, 15) is 10.1 Å². The van der Waals surface area contributed by atoms with Gasteiger partial charge in [-0.15, -0.1) is 0 Å². The van der Waals surface area contributed by atoms with Crippen LogP contribution in [0.3, 0.4) is 0 Å². The highest BCUT2D eigenvalue weighted by Gasteiger charge is 2.28. The molecule has 1 saturated heterocycles. The first-order chi connectivity index (χ1) is 7.99. The molecule has 1 aliphatic heterocycles. The van der Waals surface area contributed by atoms with E-state index in [0.29, 0.717) is 5.69 Å². The molecule has 0 spiro atoms. The van der Waals surface area contributed by atoms with Crippen molar-refractivity contribution >= 4 is 11.4 Å². The van der Waals surface area contributed by atoms with Crippen LogP contribution in [0.25, 0.3) is 0 Å². The maximum atomic E-state index is 11.0. The van der Waals surface area contributed by atoms with Gasteiger partial charge in [0, 0.05) is 31.2 Å². The molecule has 5 heteroatoms. The van der Waals surface area contributed by atoms with Crippen molar-refractivity contribution in [2.75, 3.05) is 24.5 Å². The average molecular weight is 235 g/mol. The van der Waals surface area contributed by atoms with Crippen molar-refractivity contribution in [2.45, 2.75) is 19.4 Å². The largest absolute Gasteiger partial charge is 0.363 e. The van der Waals surface area contributed by atoms with E-state index in [2.05, 4.69) is 24.1 Å². The van der Waals surface area contributed by atoms with E-state index < -0.39 is 0 Å². The average Bonchev–Trinajstić information content (AvgIpc) is 2.27. The lowest BCUT2D eigenvalue weighted by atomic mass is 10.0. The second-order valence-corrected chi connectivity index (χ2v) is 4.98. The predicted molar refractivity (Wildman–Crippen MR) is 67.4 cm³/mol. The number of rotatable bonds is 2. The molecule has 17 heavy (non-hydrogen) atoms. The molecule has 0 saturated carbocycles. The molecule has 1 aliphatic rings. The standard InChI is InChI=1S/C12H17N3O2/c1-12(2)9-14(8-7-13-12)10-5-3-4-6-11(10)15(16)17/h3-6,13H,7-9H2,1-2H3. The topological polar surface area (TPSA) is 58.4 Å². The van der Waals surface area contributed by atoms with Crippen molar-refractivity contribution in [3.63, 3.8) is 0 Å². The van der Waals surface area contributed by atoms with E-state index in [1.807, 2.05) is 12.1 Å². The van der Waals surface area contributed by atoms with Crippen LogP contribution in [0.2, 0.25) is 0 Å². The van der Waals surface area contributed by atoms with Crippen molar-refractivity contribution in [1.82, 2.24) is 5.32 Å². The number of nitro groups is 1. The Hall–Kier alpha value is -1.62. The molecule has 0 aliphatic carbocycles. The Morgan fingerprint density at radius 3 is 2.76 bits per heavy atom. The molecule has 0 atom stereocenters. The minimum atomic E-state index is -0.315. The van der Waals surface area contributed by atoms with E-state index >= 15 is 0 Å². The Kier molecular flexibility index (Phi) is 3.02. The van der Waals surface area contributed by atoms with Gasteiger partial charge in [0.1, 0.15) is 5.69 Å². The van der Waals surface area contributed by atoms with Crippen LogP contribution in [-0.4, -0.2) is 30.1 Å². The summed E-state index contributed by atoms with van der Waals surface area (Å²) in [6, 6.07) is 6.93. The summed E-state index contributed by atoms with van der Waals surface area (Å²) >= 11 is 0. The van der Waals surface area contributed by atoms with Gasteiger partial charge in [0.25, 0.3) is 5.69 Å². The predicted octanol–water partition coefficient (Wildman–Crippen LogP) is 1.78. The molecule has 0 unspecified atom stereocenters. The first kappa shape index (κ1) is 11.9. The molecule has 2 rings (SSSR count). The summed E-state index contributed by atoms with van der Waals surface area (Å²) in [6.45, 7) is 6.63. The number of nitrogens with zero attached hydrogens (tertiary/aromatic N) is 2. The molecule has 1 aromatic rings. The zero-order valence-electron chi connectivity index (χ0n) is 10.1. The second-order valence-electron chi connectivity index (χ2n) is 4.98. The van der Waals surface area contributed by atoms with Crippen LogP contribution in [0.5, 0.6) is 0 Å². The fraction of sp³-hybridized carbons (Fsp3) is 0.500. The van der Waals surface area contributed by atoms with Crippen LogP contribution in [0.15, 0.2) is 24.3 Å². The highest BCUT2D eigenvalue weighted by molar-refractivity contribution is 5.63. The molecule has 0 bridgehead atoms. The third kappa shape index (κ3) is 2.55. The van der Waals surface area contributed by atoms with Crippen LogP contribution in [0.1, 0.15) is 13.8 Å². The fourth-order valence-corrected chi connectivity index (χ4v) is 2.23. The number of hydrogen-bond donors (Lipinski definition) is 1. The van der Waals surface area contributed by atoms with Gasteiger partial charge >= 0.3 is 0 Å². The number of anilines is 1. The lowest BCUT2D eigenvalue weighted by molar-refractivity contribution is -0.384. The van der Waals surface area contributed by atoms with E-state index in [1.54, 1.807) is 12.1 Å². The minimum absolute atomic E-state index is 0.0119. The van der Waals surface area contributed by atoms with Gasteiger partial charge in [0.05, 0.1) is 4.92 Å². The third-order valence-electron chi connectivity index (χ3n) is 2.99. The first-order valence-electron chi connectivity index (χ1n) is 5.73. The lowest BCUT2D eigenvalue weighted by Gasteiger charge is -2.40. The Balaban J connectivity index is 2.30. The number of hydrogen-bond acceptors (Lipinski definition) is 4. The molecule has 0 amide bonds. The smallest absolute Gasteiger partial charge is 0.292 e. The Labute approximate surface area is 101 Å². The summed E-state index contributed by atoms with van der Waals surface area (Å²) in [5.74, 6) is 0. The third-order valence-corrected chi connectivity index (χ3v) is 2.99. The number of para-hydroxylation sites is 2. The highest BCUT2D eigenvalue weighted by atomic mass is 16.6. The van der Waals surface area contributed by atoms with Gasteiger partial charge in [-0.05, 0) is 19.9 Å². The number of benzene rings is 1. The van der Waals surface area contributed by atoms with Gasteiger partial charge < -0.3 is 10.2 Å². The van der Waals surface area contributed by atoms with Crippen molar-refractivity contribution in [3.8, 4) is 0 Å². The van der Waals surface area contributed by atoms with E-state index in [0.717, 1.165) is 19.6 Å². The first-order valence-corrected chi connectivity index (χ1v) is 5.73. The maximum Gasteiger partial charge on any atom is 0.292 e. The summed E-state index contributed by atoms with van der Waals surface area (Å²) in [5, 5.41) is 14.4. The molecule has 0 radical (unpaired) electrons. The molecule has 92 valence electrons. The molecule has 1 N–H and O–H groups in total. The van der Waals surface area contributed by atoms with Gasteiger partial charge in [0.2, 0.25) is 0 Å². The van der Waals surface area contributed by atoms with Crippen LogP contribution in [0, 0.1) is 10.1 Å². The molecule has 5 nitrogen and oxygen atoms in total. The van der Waals surface area contributed by atoms with Crippen molar-refractivity contribution in [3.05, 3.63) is 34.4 Å². The normalized spacial score (nSPS) is 19.1. The Bertz CT molecular complexity index is 432. The van der Waals surface area contributed by atoms with E-state index in [-0.39, 0.29) is 16.1 Å². The van der Waals surface area contributed by atoms with Crippen molar-refractivity contribution in [2.24, 2.45) is 0 Å². The SMILES string of the molecule is CC1(C)CN(c2ccccc2[N+](=O)[O-])CCN1. The van der Waals surface area contributed by atoms with Crippen LogP contribution in [-0.2, 0) is 0 Å². The summed E-state index contributed by atoms with van der Waals surface area (Å²) in [6.07, 6.45) is 0. The van der Waals surface area contributed by atoms with Crippen LogP contribution >= 0.6 is 0 Å². The van der Waals surface area contributed by atoms with Crippen LogP contribution < -0.4 is 10.2 Å². The number of piperazine rings is 1. The molecule has 1 heterocycles. The van der Waals surface area contributed by atoms with Crippen molar-refractivity contribution in [1.29, 1.82) is 0 Å². The summed E-state index contributed by atoms with van der Waals surface area (Å²) in [5.41, 5.74) is 0.888. The van der Waals surface area contributed by atoms with Gasteiger partial charge in [-0.2, -0.15) is 0 Å².